The third-order valence-corrected chi connectivity index (χ3v) is 2.85. The number of carboxylic acid groups (broad SMARTS) is 1. The fourth-order valence-electron chi connectivity index (χ4n) is 1.98. The summed E-state index contributed by atoms with van der Waals surface area (Å²) in [6, 6.07) is 1.71. The van der Waals surface area contributed by atoms with Gasteiger partial charge in [-0.25, -0.2) is 4.79 Å². The first kappa shape index (κ1) is 12.3. The molecular formula is C12H15N3O3. The molecule has 0 unspecified atom stereocenters. The lowest BCUT2D eigenvalue weighted by Crippen LogP contribution is -2.34. The monoisotopic (exact) mass is 249 g/mol. The predicted molar refractivity (Wildman–Crippen MR) is 65.8 cm³/mol. The first-order valence-corrected chi connectivity index (χ1v) is 5.79. The summed E-state index contributed by atoms with van der Waals surface area (Å²) in [7, 11) is 0. The van der Waals surface area contributed by atoms with E-state index in [1.54, 1.807) is 17.9 Å². The molecule has 2 rings (SSSR count). The Hall–Kier alpha value is -2.11. The van der Waals surface area contributed by atoms with Crippen molar-refractivity contribution in [2.45, 2.75) is 13.3 Å². The van der Waals surface area contributed by atoms with Crippen LogP contribution in [0, 0.1) is 6.92 Å². The fourth-order valence-corrected chi connectivity index (χ4v) is 1.98. The van der Waals surface area contributed by atoms with E-state index in [-0.39, 0.29) is 18.0 Å². The zero-order valence-electron chi connectivity index (χ0n) is 10.1. The Bertz CT molecular complexity index is 487. The van der Waals surface area contributed by atoms with Crippen LogP contribution in [0.1, 0.15) is 22.5 Å². The summed E-state index contributed by atoms with van der Waals surface area (Å²) in [5, 5.41) is 11.9. The van der Waals surface area contributed by atoms with Crippen molar-refractivity contribution in [3.63, 3.8) is 0 Å². The maximum absolute atomic E-state index is 11.5. The Morgan fingerprint density at radius 1 is 1.56 bits per heavy atom. The molecule has 0 atom stereocenters. The summed E-state index contributed by atoms with van der Waals surface area (Å²) in [5.41, 5.74) is 1.43. The van der Waals surface area contributed by atoms with Crippen LogP contribution < -0.4 is 10.2 Å². The second-order valence-electron chi connectivity index (χ2n) is 4.27. The molecule has 1 aliphatic rings. The summed E-state index contributed by atoms with van der Waals surface area (Å²) >= 11 is 0. The molecule has 96 valence electrons. The molecule has 0 radical (unpaired) electrons. The lowest BCUT2D eigenvalue weighted by molar-refractivity contribution is -0.119. The van der Waals surface area contributed by atoms with Gasteiger partial charge in [0.15, 0.2) is 0 Å². The summed E-state index contributed by atoms with van der Waals surface area (Å²) in [5.74, 6) is -1.11. The van der Waals surface area contributed by atoms with Crippen molar-refractivity contribution in [3.8, 4) is 0 Å². The number of aryl methyl sites for hydroxylation is 1. The highest BCUT2D eigenvalue weighted by atomic mass is 16.4. The minimum atomic E-state index is -1.03. The third kappa shape index (κ3) is 2.58. The Kier molecular flexibility index (Phi) is 3.45. The maximum Gasteiger partial charge on any atom is 0.339 e. The van der Waals surface area contributed by atoms with Crippen molar-refractivity contribution >= 4 is 17.6 Å². The number of hydrogen-bond donors (Lipinski definition) is 2. The average molecular weight is 249 g/mol. The van der Waals surface area contributed by atoms with Gasteiger partial charge in [-0.1, -0.05) is 0 Å². The van der Waals surface area contributed by atoms with Crippen LogP contribution in [0.15, 0.2) is 12.3 Å². The number of nitrogens with one attached hydrogen (secondary N) is 1. The van der Waals surface area contributed by atoms with E-state index in [2.05, 4.69) is 10.3 Å². The van der Waals surface area contributed by atoms with Crippen LogP contribution in [-0.2, 0) is 4.79 Å². The van der Waals surface area contributed by atoms with E-state index in [9.17, 15) is 9.59 Å². The molecule has 2 heterocycles. The van der Waals surface area contributed by atoms with Crippen LogP contribution in [-0.4, -0.2) is 41.6 Å². The van der Waals surface area contributed by atoms with Crippen LogP contribution in [0.25, 0.3) is 0 Å². The Morgan fingerprint density at radius 3 is 3.06 bits per heavy atom. The number of nitrogens with zero attached hydrogens (tertiary/aromatic N) is 2. The molecule has 1 saturated heterocycles. The number of anilines is 1. The molecule has 0 saturated carbocycles. The summed E-state index contributed by atoms with van der Waals surface area (Å²) < 4.78 is 0. The van der Waals surface area contributed by atoms with Gasteiger partial charge >= 0.3 is 5.97 Å². The summed E-state index contributed by atoms with van der Waals surface area (Å²) in [6.07, 6.45) is 2.14. The number of carboxylic acids is 1. The lowest BCUT2D eigenvalue weighted by Gasteiger charge is -2.23. The van der Waals surface area contributed by atoms with Gasteiger partial charge in [0.1, 0.15) is 5.56 Å². The van der Waals surface area contributed by atoms with E-state index in [1.807, 2.05) is 0 Å². The normalized spacial score (nSPS) is 16.1. The van der Waals surface area contributed by atoms with Gasteiger partial charge in [0.2, 0.25) is 5.91 Å². The summed E-state index contributed by atoms with van der Waals surface area (Å²) in [6.45, 7) is 3.26. The van der Waals surface area contributed by atoms with Gasteiger partial charge in [-0.2, -0.15) is 0 Å². The zero-order chi connectivity index (χ0) is 13.1. The predicted octanol–water partition coefficient (Wildman–Crippen LogP) is 0.415. The molecule has 0 bridgehead atoms. The molecule has 0 aromatic carbocycles. The summed E-state index contributed by atoms with van der Waals surface area (Å²) in [4.78, 5) is 28.5. The van der Waals surface area contributed by atoms with Gasteiger partial charge < -0.3 is 15.3 Å². The number of hydrogen-bond acceptors (Lipinski definition) is 4. The Balaban J connectivity index is 2.38. The van der Waals surface area contributed by atoms with Gasteiger partial charge in [-0.3, -0.25) is 9.78 Å². The maximum atomic E-state index is 11.5. The van der Waals surface area contributed by atoms with Gasteiger partial charge in [0.05, 0.1) is 12.2 Å². The van der Waals surface area contributed by atoms with Crippen molar-refractivity contribution in [2.24, 2.45) is 0 Å². The van der Waals surface area contributed by atoms with Crippen LogP contribution in [0.4, 0.5) is 5.69 Å². The third-order valence-electron chi connectivity index (χ3n) is 2.85. The topological polar surface area (TPSA) is 82.5 Å². The van der Waals surface area contributed by atoms with Gasteiger partial charge in [0, 0.05) is 25.0 Å². The number of carbonyl (C=O) groups is 2. The van der Waals surface area contributed by atoms with Crippen molar-refractivity contribution in [2.75, 3.05) is 24.5 Å². The Morgan fingerprint density at radius 2 is 2.33 bits per heavy atom. The second-order valence-corrected chi connectivity index (χ2v) is 4.27. The molecular weight excluding hydrogens is 234 g/mol. The van der Waals surface area contributed by atoms with Crippen LogP contribution >= 0.6 is 0 Å². The molecule has 1 fully saturated rings. The number of aromatic carboxylic acids is 1. The number of pyridine rings is 1. The van der Waals surface area contributed by atoms with E-state index in [1.165, 1.54) is 6.20 Å². The second kappa shape index (κ2) is 5.03. The van der Waals surface area contributed by atoms with Crippen molar-refractivity contribution in [3.05, 3.63) is 23.5 Å². The SMILES string of the molecule is Cc1cc(N2CCCNC(=O)C2)c(C(=O)O)cn1. The van der Waals surface area contributed by atoms with E-state index < -0.39 is 5.97 Å². The highest BCUT2D eigenvalue weighted by Gasteiger charge is 2.20. The number of carbonyl (C=O) groups excluding carboxylic acids is 1. The van der Waals surface area contributed by atoms with Gasteiger partial charge in [0.25, 0.3) is 0 Å². The molecule has 1 aromatic rings. The molecule has 1 aliphatic heterocycles. The van der Waals surface area contributed by atoms with Crippen LogP contribution in [0.2, 0.25) is 0 Å². The van der Waals surface area contributed by atoms with Crippen molar-refractivity contribution in [1.82, 2.24) is 10.3 Å². The molecule has 0 spiro atoms. The zero-order valence-corrected chi connectivity index (χ0v) is 10.1. The number of amides is 1. The molecule has 18 heavy (non-hydrogen) atoms. The molecule has 1 aromatic heterocycles. The smallest absolute Gasteiger partial charge is 0.339 e. The standard InChI is InChI=1S/C12H15N3O3/c1-8-5-10(9(6-14-8)12(17)18)15-4-2-3-13-11(16)7-15/h5-6H,2-4,7H2,1H3,(H,13,16)(H,17,18). The van der Waals surface area contributed by atoms with E-state index >= 15 is 0 Å². The van der Waals surface area contributed by atoms with Crippen LogP contribution in [0.5, 0.6) is 0 Å². The number of rotatable bonds is 2. The highest BCUT2D eigenvalue weighted by Crippen LogP contribution is 2.21. The minimum Gasteiger partial charge on any atom is -0.478 e. The highest BCUT2D eigenvalue weighted by molar-refractivity contribution is 5.95. The molecule has 1 amide bonds. The van der Waals surface area contributed by atoms with Crippen molar-refractivity contribution in [1.29, 1.82) is 0 Å². The number of aromatic nitrogens is 1. The minimum absolute atomic E-state index is 0.0849. The van der Waals surface area contributed by atoms with Crippen LogP contribution in [0.3, 0.4) is 0 Å². The van der Waals surface area contributed by atoms with E-state index in [0.717, 1.165) is 12.1 Å². The molecule has 0 aliphatic carbocycles. The quantitative estimate of drug-likeness (QED) is 0.793. The van der Waals surface area contributed by atoms with Gasteiger partial charge in [-0.15, -0.1) is 0 Å². The Labute approximate surface area is 105 Å². The molecule has 6 heteroatoms. The van der Waals surface area contributed by atoms with E-state index in [0.29, 0.717) is 18.8 Å². The van der Waals surface area contributed by atoms with Crippen molar-refractivity contribution < 1.29 is 14.7 Å². The first-order valence-electron chi connectivity index (χ1n) is 5.79. The average Bonchev–Trinajstić information content (AvgIpc) is 2.53. The molecule has 2 N–H and O–H groups in total. The van der Waals surface area contributed by atoms with E-state index in [4.69, 9.17) is 5.11 Å². The molecule has 6 nitrogen and oxygen atoms in total. The van der Waals surface area contributed by atoms with Gasteiger partial charge in [-0.05, 0) is 19.4 Å². The first-order chi connectivity index (χ1) is 8.58. The lowest BCUT2D eigenvalue weighted by atomic mass is 10.2. The largest absolute Gasteiger partial charge is 0.478 e. The fraction of sp³-hybridized carbons (Fsp3) is 0.417.